The van der Waals surface area contributed by atoms with Gasteiger partial charge >= 0.3 is 0 Å². The molecule has 3 aromatic heterocycles. The highest BCUT2D eigenvalue weighted by atomic mass is 16.5. The van der Waals surface area contributed by atoms with Crippen LogP contribution in [0.5, 0.6) is 11.5 Å². The van der Waals surface area contributed by atoms with Crippen molar-refractivity contribution in [2.75, 3.05) is 0 Å². The van der Waals surface area contributed by atoms with Crippen molar-refractivity contribution in [1.82, 2.24) is 19.3 Å². The van der Waals surface area contributed by atoms with E-state index in [0.29, 0.717) is 0 Å². The zero-order valence-corrected chi connectivity index (χ0v) is 29.2. The number of fused-ring (bicyclic) bond motifs is 3. The Balaban J connectivity index is 1.26. The van der Waals surface area contributed by atoms with Gasteiger partial charge in [0.1, 0.15) is 17.3 Å². The summed E-state index contributed by atoms with van der Waals surface area (Å²) in [6.07, 6.45) is 11.5. The Morgan fingerprint density at radius 1 is 0.633 bits per heavy atom. The number of hydrogen-bond acceptors (Lipinski definition) is 3. The highest BCUT2D eigenvalue weighted by molar-refractivity contribution is 6.09. The van der Waals surface area contributed by atoms with Crippen molar-refractivity contribution in [2.24, 2.45) is 0 Å². The quantitative estimate of drug-likeness (QED) is 0.117. The standard InChI is InChI=1S/C44H46N4O/c1-5-7-9-11-16-33-21-24-41-40(27-33)39-23-22-38(30-42(39)47(41)43-28-34(15-8-6-2)25-26-45-43)49-37-20-14-19-36(29-37)48-32(4)44(31(3)46-48)35-17-12-10-13-18-35/h10,12-14,17-30H,5-9,11,15-16H2,1-4H3. The van der Waals surface area contributed by atoms with Crippen LogP contribution in [0.2, 0.25) is 0 Å². The molecule has 248 valence electrons. The Kier molecular flexibility index (Phi) is 9.61. The summed E-state index contributed by atoms with van der Waals surface area (Å²) in [6.45, 7) is 8.71. The van der Waals surface area contributed by atoms with Gasteiger partial charge in [0.05, 0.1) is 22.4 Å². The molecule has 0 amide bonds. The molecule has 0 radical (unpaired) electrons. The van der Waals surface area contributed by atoms with Gasteiger partial charge in [0.25, 0.3) is 0 Å². The molecule has 3 heterocycles. The first-order valence-electron chi connectivity index (χ1n) is 18.0. The molecule has 0 bridgehead atoms. The van der Waals surface area contributed by atoms with E-state index < -0.39 is 0 Å². The van der Waals surface area contributed by atoms with Gasteiger partial charge in [-0.1, -0.05) is 82.0 Å². The second-order valence-electron chi connectivity index (χ2n) is 13.2. The number of aryl methyl sites for hydroxylation is 3. The van der Waals surface area contributed by atoms with Crippen molar-refractivity contribution >= 4 is 21.8 Å². The van der Waals surface area contributed by atoms with E-state index in [1.807, 2.05) is 29.1 Å². The molecule has 0 saturated heterocycles. The Hall–Kier alpha value is -5.16. The normalized spacial score (nSPS) is 11.5. The maximum absolute atomic E-state index is 6.60. The van der Waals surface area contributed by atoms with Crippen molar-refractivity contribution < 1.29 is 4.74 Å². The van der Waals surface area contributed by atoms with E-state index >= 15 is 0 Å². The zero-order valence-electron chi connectivity index (χ0n) is 29.2. The molecule has 0 aliphatic carbocycles. The molecular weight excluding hydrogens is 601 g/mol. The second-order valence-corrected chi connectivity index (χ2v) is 13.2. The predicted molar refractivity (Wildman–Crippen MR) is 204 cm³/mol. The number of aromatic nitrogens is 4. The van der Waals surface area contributed by atoms with Crippen molar-refractivity contribution in [3.8, 4) is 34.1 Å². The lowest BCUT2D eigenvalue weighted by molar-refractivity contribution is 0.482. The Labute approximate surface area is 290 Å². The van der Waals surface area contributed by atoms with Gasteiger partial charge in [0.2, 0.25) is 0 Å². The molecule has 5 heteroatoms. The van der Waals surface area contributed by atoms with Crippen LogP contribution in [0.1, 0.15) is 74.9 Å². The number of ether oxygens (including phenoxy) is 1. The van der Waals surface area contributed by atoms with Gasteiger partial charge in [-0.15, -0.1) is 0 Å². The lowest BCUT2D eigenvalue weighted by atomic mass is 10.0. The lowest BCUT2D eigenvalue weighted by Crippen LogP contribution is -2.00. The molecule has 4 aromatic carbocycles. The molecule has 0 aliphatic rings. The first kappa shape index (κ1) is 32.4. The van der Waals surface area contributed by atoms with Gasteiger partial charge in [-0.3, -0.25) is 4.57 Å². The highest BCUT2D eigenvalue weighted by Crippen LogP contribution is 2.37. The Morgan fingerprint density at radius 2 is 1.43 bits per heavy atom. The minimum Gasteiger partial charge on any atom is -0.457 e. The fraction of sp³-hybridized carbons (Fsp3) is 0.273. The molecule has 7 aromatic rings. The molecule has 0 fully saturated rings. The summed E-state index contributed by atoms with van der Waals surface area (Å²) in [6, 6.07) is 36.5. The van der Waals surface area contributed by atoms with E-state index in [1.54, 1.807) is 0 Å². The van der Waals surface area contributed by atoms with Crippen LogP contribution in [0.15, 0.2) is 109 Å². The predicted octanol–water partition coefficient (Wildman–Crippen LogP) is 11.9. The van der Waals surface area contributed by atoms with Gasteiger partial charge in [-0.05, 0) is 105 Å². The summed E-state index contributed by atoms with van der Waals surface area (Å²) < 4.78 is 10.9. The minimum absolute atomic E-state index is 0.766. The van der Waals surface area contributed by atoms with Crippen LogP contribution in [0, 0.1) is 13.8 Å². The molecule has 0 unspecified atom stereocenters. The SMILES string of the molecule is CCCCCCc1ccc2c(c1)c1ccc(Oc3cccc(-n4nc(C)c(-c5ccccc5)c4C)c3)cc1n2-c1cc(CCCC)ccn1. The summed E-state index contributed by atoms with van der Waals surface area (Å²) in [5, 5.41) is 7.40. The molecule has 7 rings (SSSR count). The maximum Gasteiger partial charge on any atom is 0.137 e. The van der Waals surface area contributed by atoms with Crippen LogP contribution in [-0.2, 0) is 12.8 Å². The van der Waals surface area contributed by atoms with Crippen LogP contribution < -0.4 is 4.74 Å². The summed E-state index contributed by atoms with van der Waals surface area (Å²) in [5.74, 6) is 2.50. The number of benzene rings is 4. The number of nitrogens with zero attached hydrogens (tertiary/aromatic N) is 4. The summed E-state index contributed by atoms with van der Waals surface area (Å²) >= 11 is 0. The monoisotopic (exact) mass is 646 g/mol. The summed E-state index contributed by atoms with van der Waals surface area (Å²) in [5.41, 5.74) is 10.4. The van der Waals surface area contributed by atoms with Crippen LogP contribution in [0.3, 0.4) is 0 Å². The van der Waals surface area contributed by atoms with E-state index in [9.17, 15) is 0 Å². The smallest absolute Gasteiger partial charge is 0.137 e. The Bertz CT molecular complexity index is 2210. The third kappa shape index (κ3) is 6.76. The van der Waals surface area contributed by atoms with E-state index in [1.165, 1.54) is 77.1 Å². The van der Waals surface area contributed by atoms with Crippen molar-refractivity contribution in [1.29, 1.82) is 0 Å². The second kappa shape index (κ2) is 14.5. The van der Waals surface area contributed by atoms with Gasteiger partial charge in [0.15, 0.2) is 0 Å². The molecule has 0 spiro atoms. The van der Waals surface area contributed by atoms with Crippen molar-refractivity contribution in [3.05, 3.63) is 132 Å². The number of unbranched alkanes of at least 4 members (excludes halogenated alkanes) is 4. The zero-order chi connectivity index (χ0) is 33.7. The average Bonchev–Trinajstić information content (AvgIpc) is 3.61. The van der Waals surface area contributed by atoms with Crippen LogP contribution in [-0.4, -0.2) is 19.3 Å². The summed E-state index contributed by atoms with van der Waals surface area (Å²) in [4.78, 5) is 4.89. The summed E-state index contributed by atoms with van der Waals surface area (Å²) in [7, 11) is 0. The van der Waals surface area contributed by atoms with Gasteiger partial charge in [-0.2, -0.15) is 5.10 Å². The van der Waals surface area contributed by atoms with E-state index in [4.69, 9.17) is 14.8 Å². The highest BCUT2D eigenvalue weighted by Gasteiger charge is 2.17. The largest absolute Gasteiger partial charge is 0.457 e. The van der Waals surface area contributed by atoms with Crippen molar-refractivity contribution in [2.45, 2.75) is 79.1 Å². The van der Waals surface area contributed by atoms with E-state index in [2.05, 4.69) is 117 Å². The first-order valence-corrected chi connectivity index (χ1v) is 18.0. The maximum atomic E-state index is 6.60. The minimum atomic E-state index is 0.766. The third-order valence-corrected chi connectivity index (χ3v) is 9.63. The molecule has 0 N–H and O–H groups in total. The first-order chi connectivity index (χ1) is 24.0. The molecule has 49 heavy (non-hydrogen) atoms. The lowest BCUT2D eigenvalue weighted by Gasteiger charge is -2.11. The van der Waals surface area contributed by atoms with Gasteiger partial charge in [0, 0.05) is 40.4 Å². The fourth-order valence-electron chi connectivity index (χ4n) is 7.12. The fourth-order valence-corrected chi connectivity index (χ4v) is 7.12. The third-order valence-electron chi connectivity index (χ3n) is 9.63. The van der Waals surface area contributed by atoms with Gasteiger partial charge < -0.3 is 4.74 Å². The molecule has 0 aliphatic heterocycles. The Morgan fingerprint density at radius 3 is 2.27 bits per heavy atom. The number of hydrogen-bond donors (Lipinski definition) is 0. The van der Waals surface area contributed by atoms with Crippen LogP contribution >= 0.6 is 0 Å². The average molecular weight is 647 g/mol. The van der Waals surface area contributed by atoms with E-state index in [-0.39, 0.29) is 0 Å². The molecule has 0 atom stereocenters. The molecular formula is C44H46N4O. The van der Waals surface area contributed by atoms with Crippen LogP contribution in [0.25, 0.3) is 44.4 Å². The van der Waals surface area contributed by atoms with E-state index in [0.717, 1.165) is 52.8 Å². The number of rotatable bonds is 13. The topological polar surface area (TPSA) is 44.9 Å². The van der Waals surface area contributed by atoms with Crippen LogP contribution in [0.4, 0.5) is 0 Å². The molecule has 5 nitrogen and oxygen atoms in total. The number of pyridine rings is 1. The van der Waals surface area contributed by atoms with Gasteiger partial charge in [-0.25, -0.2) is 9.67 Å². The van der Waals surface area contributed by atoms with Crippen molar-refractivity contribution in [3.63, 3.8) is 0 Å². The molecule has 0 saturated carbocycles.